The maximum absolute atomic E-state index is 10.8. The van der Waals surface area contributed by atoms with Crippen molar-refractivity contribution in [2.45, 2.75) is 6.92 Å². The number of amides is 1. The Morgan fingerprint density at radius 2 is 1.81 bits per heavy atom. The maximum Gasteiger partial charge on any atom is 0.495 e. The van der Waals surface area contributed by atoms with Crippen molar-refractivity contribution in [3.8, 4) is 0 Å². The van der Waals surface area contributed by atoms with Gasteiger partial charge in [-0.15, -0.1) is 16.8 Å². The van der Waals surface area contributed by atoms with Gasteiger partial charge >= 0.3 is 6.22 Å². The van der Waals surface area contributed by atoms with Crippen LogP contribution in [0.25, 0.3) is 0 Å². The van der Waals surface area contributed by atoms with E-state index in [1.54, 1.807) is 24.3 Å². The fourth-order valence-corrected chi connectivity index (χ4v) is 0.716. The Morgan fingerprint density at radius 1 is 1.31 bits per heavy atom. The minimum Gasteiger partial charge on any atom is -0.441 e. The van der Waals surface area contributed by atoms with Gasteiger partial charge in [0.2, 0.25) is 5.91 Å². The van der Waals surface area contributed by atoms with E-state index < -0.39 is 6.22 Å². The third-order valence-electron chi connectivity index (χ3n) is 1.32. The van der Waals surface area contributed by atoms with E-state index in [0.717, 1.165) is 0 Å². The summed E-state index contributed by atoms with van der Waals surface area (Å²) in [6, 6.07) is 8.76. The molecule has 0 saturated carbocycles. The van der Waals surface area contributed by atoms with Crippen molar-refractivity contribution < 1.29 is 18.7 Å². The summed E-state index contributed by atoms with van der Waals surface area (Å²) < 4.78 is 14.6. The zero-order chi connectivity index (χ0) is 11.7. The van der Waals surface area contributed by atoms with Gasteiger partial charge in [-0.1, -0.05) is 18.2 Å². The Balaban J connectivity index is 0. The standard InChI is InChI=1S/C7H7NO.C3H5FO2.ClH/c8-7(9)6-4-2-1-3-5-6;1-2-6-3(4)5;/h1-5H,(H2,8,9);2H2,1H3;1H. The van der Waals surface area contributed by atoms with Crippen LogP contribution in [0.4, 0.5) is 9.18 Å². The third kappa shape index (κ3) is 8.96. The Kier molecular flexibility index (Phi) is 10.4. The summed E-state index contributed by atoms with van der Waals surface area (Å²) in [6.07, 6.45) is -1.71. The molecular formula is C10H13ClFNO3. The van der Waals surface area contributed by atoms with Crippen LogP contribution in [0.15, 0.2) is 30.3 Å². The van der Waals surface area contributed by atoms with Crippen molar-refractivity contribution in [2.75, 3.05) is 6.61 Å². The number of nitrogens with two attached hydrogens (primary N) is 1. The van der Waals surface area contributed by atoms with Crippen molar-refractivity contribution in [3.63, 3.8) is 0 Å². The van der Waals surface area contributed by atoms with Gasteiger partial charge in [0.1, 0.15) is 0 Å². The van der Waals surface area contributed by atoms with E-state index in [1.165, 1.54) is 6.92 Å². The summed E-state index contributed by atoms with van der Waals surface area (Å²) in [5.41, 5.74) is 5.53. The topological polar surface area (TPSA) is 69.4 Å². The van der Waals surface area contributed by atoms with Gasteiger partial charge in [-0.3, -0.25) is 4.79 Å². The number of ether oxygens (including phenoxy) is 1. The van der Waals surface area contributed by atoms with Gasteiger partial charge in [0, 0.05) is 5.56 Å². The Bertz CT molecular complexity index is 319. The van der Waals surface area contributed by atoms with Gasteiger partial charge in [0.25, 0.3) is 0 Å². The van der Waals surface area contributed by atoms with E-state index in [9.17, 15) is 9.18 Å². The summed E-state index contributed by atoms with van der Waals surface area (Å²) in [5.74, 6) is -0.379. The van der Waals surface area contributed by atoms with Crippen LogP contribution in [0, 0.1) is 0 Å². The minimum atomic E-state index is -1.71. The van der Waals surface area contributed by atoms with Crippen molar-refractivity contribution in [2.24, 2.45) is 5.73 Å². The largest absolute Gasteiger partial charge is 0.495 e. The molecule has 6 heteroatoms. The number of carbonyl (C=O) groups is 2. The maximum atomic E-state index is 10.8. The fraction of sp³-hybridized carbons (Fsp3) is 0.200. The molecule has 0 aliphatic heterocycles. The highest BCUT2D eigenvalue weighted by Gasteiger charge is 1.93. The van der Waals surface area contributed by atoms with Gasteiger partial charge < -0.3 is 10.5 Å². The van der Waals surface area contributed by atoms with Crippen LogP contribution in [0.5, 0.6) is 0 Å². The molecule has 0 aromatic heterocycles. The highest BCUT2D eigenvalue weighted by Crippen LogP contribution is 1.94. The van der Waals surface area contributed by atoms with Gasteiger partial charge in [0.05, 0.1) is 6.61 Å². The average Bonchev–Trinajstić information content (AvgIpc) is 2.20. The van der Waals surface area contributed by atoms with E-state index in [-0.39, 0.29) is 24.9 Å². The Hall–Kier alpha value is -1.62. The molecule has 0 radical (unpaired) electrons. The second-order valence-electron chi connectivity index (χ2n) is 2.40. The van der Waals surface area contributed by atoms with Crippen LogP contribution in [0.3, 0.4) is 0 Å². The lowest BCUT2D eigenvalue weighted by Crippen LogP contribution is -2.09. The molecule has 0 bridgehead atoms. The molecule has 1 aromatic carbocycles. The Labute approximate surface area is 99.0 Å². The first-order chi connectivity index (χ1) is 7.07. The summed E-state index contributed by atoms with van der Waals surface area (Å²) in [6.45, 7) is 1.65. The molecule has 4 nitrogen and oxygen atoms in total. The van der Waals surface area contributed by atoms with E-state index in [2.05, 4.69) is 4.74 Å². The molecule has 0 atom stereocenters. The molecular weight excluding hydrogens is 237 g/mol. The SMILES string of the molecule is CCOC(=O)F.Cl.NC(=O)c1ccccc1. The normalized spacial score (nSPS) is 7.88. The van der Waals surface area contributed by atoms with E-state index in [0.29, 0.717) is 5.56 Å². The molecule has 0 saturated heterocycles. The molecule has 0 spiro atoms. The lowest BCUT2D eigenvalue weighted by atomic mass is 10.2. The quantitative estimate of drug-likeness (QED) is 0.818. The van der Waals surface area contributed by atoms with Crippen molar-refractivity contribution in [1.29, 1.82) is 0 Å². The lowest BCUT2D eigenvalue weighted by molar-refractivity contribution is 0.1000. The molecule has 90 valence electrons. The van der Waals surface area contributed by atoms with Gasteiger partial charge in [0.15, 0.2) is 0 Å². The second-order valence-corrected chi connectivity index (χ2v) is 2.40. The van der Waals surface area contributed by atoms with Crippen LogP contribution >= 0.6 is 12.4 Å². The van der Waals surface area contributed by atoms with Crippen LogP contribution in [0.1, 0.15) is 17.3 Å². The first-order valence-corrected chi connectivity index (χ1v) is 4.25. The summed E-state index contributed by atoms with van der Waals surface area (Å²) in [5, 5.41) is 0. The molecule has 1 rings (SSSR count). The van der Waals surface area contributed by atoms with Crippen LogP contribution in [-0.4, -0.2) is 18.7 Å². The van der Waals surface area contributed by atoms with Crippen molar-refractivity contribution in [1.82, 2.24) is 0 Å². The zero-order valence-corrected chi connectivity index (χ0v) is 9.50. The average molecular weight is 250 g/mol. The first-order valence-electron chi connectivity index (χ1n) is 4.25. The monoisotopic (exact) mass is 249 g/mol. The molecule has 2 N–H and O–H groups in total. The molecule has 0 heterocycles. The summed E-state index contributed by atoms with van der Waals surface area (Å²) in [4.78, 5) is 19.6. The molecule has 0 fully saturated rings. The van der Waals surface area contributed by atoms with E-state index in [4.69, 9.17) is 10.5 Å². The third-order valence-corrected chi connectivity index (χ3v) is 1.32. The number of hydrogen-bond acceptors (Lipinski definition) is 3. The van der Waals surface area contributed by atoms with E-state index >= 15 is 0 Å². The highest BCUT2D eigenvalue weighted by molar-refractivity contribution is 5.92. The number of rotatable bonds is 2. The van der Waals surface area contributed by atoms with Crippen molar-refractivity contribution in [3.05, 3.63) is 35.9 Å². The molecule has 1 amide bonds. The number of halogens is 2. The molecule has 0 aliphatic carbocycles. The Morgan fingerprint density at radius 3 is 2.00 bits per heavy atom. The molecule has 0 unspecified atom stereocenters. The number of primary amides is 1. The smallest absolute Gasteiger partial charge is 0.441 e. The minimum absolute atomic E-state index is 0. The fourth-order valence-electron chi connectivity index (χ4n) is 0.716. The number of hydrogen-bond donors (Lipinski definition) is 1. The predicted octanol–water partition coefficient (Wildman–Crippen LogP) is 2.32. The van der Waals surface area contributed by atoms with Gasteiger partial charge in [-0.05, 0) is 19.1 Å². The predicted molar refractivity (Wildman–Crippen MR) is 60.3 cm³/mol. The molecule has 16 heavy (non-hydrogen) atoms. The van der Waals surface area contributed by atoms with E-state index in [1.807, 2.05) is 6.07 Å². The molecule has 1 aromatic rings. The summed E-state index contributed by atoms with van der Waals surface area (Å²) in [7, 11) is 0. The zero-order valence-electron chi connectivity index (χ0n) is 8.68. The van der Waals surface area contributed by atoms with Crippen LogP contribution in [-0.2, 0) is 4.74 Å². The molecule has 0 aliphatic rings. The van der Waals surface area contributed by atoms with Crippen molar-refractivity contribution >= 4 is 24.5 Å². The van der Waals surface area contributed by atoms with Gasteiger partial charge in [-0.25, -0.2) is 4.79 Å². The van der Waals surface area contributed by atoms with Gasteiger partial charge in [-0.2, -0.15) is 0 Å². The summed E-state index contributed by atoms with van der Waals surface area (Å²) >= 11 is 0. The first kappa shape index (κ1) is 16.8. The van der Waals surface area contributed by atoms with Crippen LogP contribution < -0.4 is 5.73 Å². The number of benzene rings is 1. The number of carbonyl (C=O) groups excluding carboxylic acids is 2. The lowest BCUT2D eigenvalue weighted by Gasteiger charge is -1.89. The second kappa shape index (κ2) is 9.92. The highest BCUT2D eigenvalue weighted by atomic mass is 35.5. The van der Waals surface area contributed by atoms with Crippen LogP contribution in [0.2, 0.25) is 0 Å².